The monoisotopic (exact) mass is 686 g/mol. The van der Waals surface area contributed by atoms with E-state index in [9.17, 15) is 4.79 Å². The maximum atomic E-state index is 13.9. The summed E-state index contributed by atoms with van der Waals surface area (Å²) >= 11 is 12.8. The number of para-hydroxylation sites is 2. The molecule has 12 heteroatoms. The molecule has 10 nitrogen and oxygen atoms in total. The van der Waals surface area contributed by atoms with Crippen molar-refractivity contribution in [2.24, 2.45) is 15.4 Å². The van der Waals surface area contributed by atoms with Gasteiger partial charge in [0.25, 0.3) is 5.91 Å². The van der Waals surface area contributed by atoms with Gasteiger partial charge in [0.2, 0.25) is 5.95 Å². The molecule has 0 N–H and O–H groups in total. The van der Waals surface area contributed by atoms with Crippen LogP contribution in [0.15, 0.2) is 88.8 Å². The molecule has 3 heterocycles. The molecule has 0 bridgehead atoms. The Morgan fingerprint density at radius 3 is 2.71 bits per heavy atom. The van der Waals surface area contributed by atoms with Crippen molar-refractivity contribution in [2.45, 2.75) is 31.3 Å². The number of likely N-dealkylation sites (N-methyl/N-ethyl adjacent to an activating group) is 1. The van der Waals surface area contributed by atoms with Gasteiger partial charge in [0.05, 0.1) is 40.0 Å². The molecule has 2 atom stereocenters. The highest BCUT2D eigenvalue weighted by atomic mass is 35.5. The normalized spacial score (nSPS) is 17.1. The molecule has 1 amide bonds. The number of hydrogen-bond acceptors (Lipinski definition) is 8. The number of methoxy groups -OCH3 is 1. The van der Waals surface area contributed by atoms with Crippen LogP contribution in [-0.4, -0.2) is 84.9 Å². The number of ether oxygens (including phenoxy) is 1. The largest absolute Gasteiger partial charge is 0.496 e. The van der Waals surface area contributed by atoms with Crippen LogP contribution in [0.5, 0.6) is 5.75 Å². The third-order valence-corrected chi connectivity index (χ3v) is 9.84. The van der Waals surface area contributed by atoms with E-state index in [0.717, 1.165) is 73.7 Å². The number of benzene rings is 3. The second-order valence-corrected chi connectivity index (χ2v) is 13.0. The molecule has 2 aliphatic heterocycles. The van der Waals surface area contributed by atoms with Gasteiger partial charge in [0.1, 0.15) is 11.8 Å². The molecular weight excluding hydrogens is 647 g/mol. The van der Waals surface area contributed by atoms with Crippen molar-refractivity contribution in [3.63, 3.8) is 0 Å². The first-order valence-electron chi connectivity index (χ1n) is 16.2. The smallest absolute Gasteiger partial charge is 0.257 e. The highest BCUT2D eigenvalue weighted by Gasteiger charge is 2.26. The second-order valence-electron chi connectivity index (χ2n) is 12.2. The van der Waals surface area contributed by atoms with Crippen LogP contribution < -0.4 is 9.64 Å². The fraction of sp³-hybridized carbons (Fsp3) is 0.361. The van der Waals surface area contributed by atoms with Crippen LogP contribution in [0.2, 0.25) is 10.0 Å². The van der Waals surface area contributed by atoms with Crippen LogP contribution in [0.3, 0.4) is 0 Å². The number of halogens is 2. The number of allylic oxidation sites excluding steroid dienone is 1. The molecule has 4 aromatic rings. The van der Waals surface area contributed by atoms with Crippen molar-refractivity contribution in [2.75, 3.05) is 58.3 Å². The number of fused-ring (bicyclic) bond motifs is 1. The summed E-state index contributed by atoms with van der Waals surface area (Å²) in [6.45, 7) is 9.74. The zero-order valence-electron chi connectivity index (χ0n) is 27.3. The molecule has 1 aromatic heterocycles. The lowest BCUT2D eigenvalue weighted by Crippen LogP contribution is -2.35. The van der Waals surface area contributed by atoms with Gasteiger partial charge in [-0.2, -0.15) is 5.11 Å². The van der Waals surface area contributed by atoms with Gasteiger partial charge in [-0.25, -0.2) is 4.98 Å². The summed E-state index contributed by atoms with van der Waals surface area (Å²) in [5.41, 5.74) is 4.46. The highest BCUT2D eigenvalue weighted by Crippen LogP contribution is 2.32. The lowest BCUT2D eigenvalue weighted by atomic mass is 9.94. The van der Waals surface area contributed by atoms with Gasteiger partial charge in [-0.15, -0.1) is 11.7 Å². The number of hydrogen-bond donors (Lipinski definition) is 0. The van der Waals surface area contributed by atoms with Crippen LogP contribution in [0.25, 0.3) is 11.0 Å². The molecule has 0 saturated carbocycles. The first-order chi connectivity index (χ1) is 23.4. The first-order valence-corrected chi connectivity index (χ1v) is 17.0. The van der Waals surface area contributed by atoms with Crippen LogP contribution in [0.1, 0.15) is 46.3 Å². The second kappa shape index (κ2) is 15.3. The summed E-state index contributed by atoms with van der Waals surface area (Å²) in [6, 6.07) is 19.2. The van der Waals surface area contributed by atoms with Crippen LogP contribution in [0, 0.1) is 0 Å². The Balaban J connectivity index is 1.17. The van der Waals surface area contributed by atoms with Crippen molar-refractivity contribution in [1.82, 2.24) is 19.4 Å². The Morgan fingerprint density at radius 2 is 1.94 bits per heavy atom. The minimum Gasteiger partial charge on any atom is -0.496 e. The number of amides is 1. The summed E-state index contributed by atoms with van der Waals surface area (Å²) in [7, 11) is 3.40. The highest BCUT2D eigenvalue weighted by molar-refractivity contribution is 6.42. The number of imidazole rings is 1. The summed E-state index contributed by atoms with van der Waals surface area (Å²) in [5.74, 6) is 1.38. The van der Waals surface area contributed by atoms with Gasteiger partial charge in [0, 0.05) is 45.7 Å². The third kappa shape index (κ3) is 7.41. The summed E-state index contributed by atoms with van der Waals surface area (Å²) in [5, 5.41) is 12.7. The Bertz CT molecular complexity index is 1830. The lowest BCUT2D eigenvalue weighted by molar-refractivity contribution is 0.0779. The Kier molecular flexibility index (Phi) is 10.7. The van der Waals surface area contributed by atoms with Crippen LogP contribution in [0.4, 0.5) is 5.95 Å². The van der Waals surface area contributed by atoms with Gasteiger partial charge in [-0.05, 0) is 78.7 Å². The average molecular weight is 688 g/mol. The zero-order chi connectivity index (χ0) is 33.6. The van der Waals surface area contributed by atoms with Gasteiger partial charge < -0.3 is 24.0 Å². The molecule has 250 valence electrons. The van der Waals surface area contributed by atoms with Crippen molar-refractivity contribution in [3.05, 3.63) is 100 Å². The Labute approximate surface area is 291 Å². The minimum atomic E-state index is -0.317. The molecule has 1 saturated heterocycles. The number of aromatic nitrogens is 2. The van der Waals surface area contributed by atoms with Gasteiger partial charge in [-0.3, -0.25) is 4.79 Å². The van der Waals surface area contributed by atoms with E-state index in [0.29, 0.717) is 34.4 Å². The quantitative estimate of drug-likeness (QED) is 0.144. The van der Waals surface area contributed by atoms with Crippen molar-refractivity contribution >= 4 is 52.3 Å². The maximum Gasteiger partial charge on any atom is 0.257 e. The summed E-state index contributed by atoms with van der Waals surface area (Å²) in [6.07, 6.45) is 5.44. The zero-order valence-corrected chi connectivity index (χ0v) is 28.8. The van der Waals surface area contributed by atoms with Crippen molar-refractivity contribution < 1.29 is 9.53 Å². The fourth-order valence-corrected chi connectivity index (χ4v) is 6.84. The van der Waals surface area contributed by atoms with Gasteiger partial charge in [-0.1, -0.05) is 53.5 Å². The molecule has 0 radical (unpaired) electrons. The topological polar surface area (TPSA) is 90.9 Å². The molecular formula is C36H40Cl2N8O2. The average Bonchev–Trinajstić information content (AvgIpc) is 3.71. The molecule has 0 aliphatic carbocycles. The number of rotatable bonds is 12. The maximum absolute atomic E-state index is 13.9. The molecule has 1 fully saturated rings. The molecule has 6 rings (SSSR count). The van der Waals surface area contributed by atoms with Gasteiger partial charge in [0.15, 0.2) is 0 Å². The van der Waals surface area contributed by atoms with E-state index in [1.54, 1.807) is 24.3 Å². The predicted octanol–water partition coefficient (Wildman–Crippen LogP) is 7.49. The van der Waals surface area contributed by atoms with E-state index in [2.05, 4.69) is 54.6 Å². The Morgan fingerprint density at radius 1 is 1.08 bits per heavy atom. The van der Waals surface area contributed by atoms with E-state index in [-0.39, 0.29) is 17.9 Å². The van der Waals surface area contributed by atoms with E-state index in [1.165, 1.54) is 0 Å². The van der Waals surface area contributed by atoms with E-state index in [4.69, 9.17) is 32.9 Å². The Hall–Kier alpha value is -4.25. The summed E-state index contributed by atoms with van der Waals surface area (Å²) < 4.78 is 7.83. The first kappa shape index (κ1) is 33.6. The van der Waals surface area contributed by atoms with Crippen LogP contribution >= 0.6 is 23.2 Å². The fourth-order valence-electron chi connectivity index (χ4n) is 6.53. The molecule has 3 aromatic carbocycles. The van der Waals surface area contributed by atoms with E-state index >= 15 is 0 Å². The summed E-state index contributed by atoms with van der Waals surface area (Å²) in [4.78, 5) is 25.6. The molecule has 2 unspecified atom stereocenters. The van der Waals surface area contributed by atoms with Crippen LogP contribution in [-0.2, 0) is 6.54 Å². The van der Waals surface area contributed by atoms with E-state index < -0.39 is 0 Å². The van der Waals surface area contributed by atoms with Crippen molar-refractivity contribution in [1.29, 1.82) is 0 Å². The minimum absolute atomic E-state index is 0.0230. The standard InChI is InChI=1S/C36H40Cl2N8O2/c1-4-15-46-33-9-6-5-8-31(33)40-36(46)45-17-7-16-44(19-20-45)18-14-27(25-10-12-29(37)30(38)22-25)24-43(2)35(47)28-21-26(11-13-34(28)48-3)32-23-39-42-41-32/h4-6,8-13,21-23,27,32H,1,7,14-20,24H2,2-3H3. The lowest BCUT2D eigenvalue weighted by Gasteiger charge is -2.28. The number of nitrogens with zero attached hydrogens (tertiary/aromatic N) is 8. The molecule has 0 spiro atoms. The predicted molar refractivity (Wildman–Crippen MR) is 193 cm³/mol. The van der Waals surface area contributed by atoms with Gasteiger partial charge >= 0.3 is 0 Å². The van der Waals surface area contributed by atoms with Crippen molar-refractivity contribution in [3.8, 4) is 5.75 Å². The molecule has 48 heavy (non-hydrogen) atoms. The van der Waals surface area contributed by atoms with E-state index in [1.807, 2.05) is 49.5 Å². The third-order valence-electron chi connectivity index (χ3n) is 9.10. The number of carbonyl (C=O) groups is 1. The SMILES string of the molecule is C=CCn1c(N2CCCN(CCC(CN(C)C(=O)c3cc(C4C=NN=N4)ccc3OC)c3ccc(Cl)c(Cl)c3)CC2)nc2ccccc21. The number of carbonyl (C=O) groups excluding carboxylic acids is 1. The number of anilines is 1. The molecule has 2 aliphatic rings.